The lowest BCUT2D eigenvalue weighted by molar-refractivity contribution is -0.129. The van der Waals surface area contributed by atoms with Crippen LogP contribution in [0, 0.1) is 5.82 Å². The molecule has 4 rings (SSSR count). The molecule has 3 atom stereocenters. The number of phenolic OH excluding ortho intramolecular Hbond substituents is 1. The molecule has 1 amide bonds. The van der Waals surface area contributed by atoms with Gasteiger partial charge in [0.1, 0.15) is 17.7 Å². The third-order valence-electron chi connectivity index (χ3n) is 6.10. The number of nitrogens with two attached hydrogens (primary N) is 1. The third-order valence-corrected chi connectivity index (χ3v) is 6.39. The monoisotopic (exact) mass is 489 g/mol. The molecule has 1 aliphatic heterocycles. The van der Waals surface area contributed by atoms with Crippen molar-refractivity contribution in [3.63, 3.8) is 0 Å². The van der Waals surface area contributed by atoms with Crippen molar-refractivity contribution in [3.8, 4) is 5.75 Å². The standard InChI is InChI=1S/C24H22ClF2N3O4/c1-12(31)17-10-29(19-8-14(32)5-6-15(17)19)11-21(33)23(16-3-2-4-18(25)22(16)27)30-9-13(26)7-20(30)24(28)34/h2-6,8,10,13,20,23,32H,7,9,11H2,1H3,(H2,28,34). The summed E-state index contributed by atoms with van der Waals surface area (Å²) in [4.78, 5) is 39.1. The number of amides is 1. The summed E-state index contributed by atoms with van der Waals surface area (Å²) in [6.07, 6.45) is -0.164. The fraction of sp³-hybridized carbons (Fsp3) is 0.292. The molecule has 0 aliphatic carbocycles. The predicted octanol–water partition coefficient (Wildman–Crippen LogP) is 3.55. The molecule has 2 aromatic carbocycles. The van der Waals surface area contributed by atoms with E-state index in [-0.39, 0.29) is 41.6 Å². The number of carbonyl (C=O) groups is 3. The lowest BCUT2D eigenvalue weighted by atomic mass is 9.98. The van der Waals surface area contributed by atoms with Gasteiger partial charge in [0.2, 0.25) is 5.91 Å². The number of rotatable bonds is 7. The normalized spacial score (nSPS) is 19.4. The summed E-state index contributed by atoms with van der Waals surface area (Å²) in [5.41, 5.74) is 6.12. The number of likely N-dealkylation sites (tertiary alicyclic amines) is 1. The highest BCUT2D eigenvalue weighted by atomic mass is 35.5. The zero-order valence-corrected chi connectivity index (χ0v) is 18.9. The number of primary amides is 1. The molecule has 3 N–H and O–H groups in total. The quantitative estimate of drug-likeness (QED) is 0.494. The van der Waals surface area contributed by atoms with E-state index in [4.69, 9.17) is 17.3 Å². The highest BCUT2D eigenvalue weighted by molar-refractivity contribution is 6.30. The van der Waals surface area contributed by atoms with Gasteiger partial charge in [-0.15, -0.1) is 0 Å². The van der Waals surface area contributed by atoms with Gasteiger partial charge in [-0.05, 0) is 25.1 Å². The Balaban J connectivity index is 1.81. The number of phenols is 1. The van der Waals surface area contributed by atoms with Crippen molar-refractivity contribution in [2.75, 3.05) is 6.54 Å². The lowest BCUT2D eigenvalue weighted by Gasteiger charge is -2.31. The second kappa shape index (κ2) is 9.15. The summed E-state index contributed by atoms with van der Waals surface area (Å²) in [5.74, 6) is -2.56. The Morgan fingerprint density at radius 2 is 2.00 bits per heavy atom. The smallest absolute Gasteiger partial charge is 0.234 e. The Morgan fingerprint density at radius 3 is 2.68 bits per heavy atom. The molecule has 1 fully saturated rings. The highest BCUT2D eigenvalue weighted by Crippen LogP contribution is 2.35. The number of halogens is 3. The minimum Gasteiger partial charge on any atom is -0.508 e. The van der Waals surface area contributed by atoms with Gasteiger partial charge in [-0.1, -0.05) is 23.7 Å². The molecule has 0 bridgehead atoms. The molecule has 0 radical (unpaired) electrons. The fourth-order valence-electron chi connectivity index (χ4n) is 4.59. The average Bonchev–Trinajstić information content (AvgIpc) is 3.32. The first-order chi connectivity index (χ1) is 16.1. The lowest BCUT2D eigenvalue weighted by Crippen LogP contribution is -2.45. The van der Waals surface area contributed by atoms with Gasteiger partial charge < -0.3 is 15.4 Å². The number of benzene rings is 2. The van der Waals surface area contributed by atoms with Crippen LogP contribution in [0.5, 0.6) is 5.75 Å². The Morgan fingerprint density at radius 1 is 1.26 bits per heavy atom. The van der Waals surface area contributed by atoms with Crippen molar-refractivity contribution < 1.29 is 28.3 Å². The summed E-state index contributed by atoms with van der Waals surface area (Å²) >= 11 is 5.95. The SMILES string of the molecule is CC(=O)c1cn(CC(=O)C(c2cccc(Cl)c2F)N2CC(F)CC2C(N)=O)c2cc(O)ccc12. The second-order valence-corrected chi connectivity index (χ2v) is 8.80. The summed E-state index contributed by atoms with van der Waals surface area (Å²) < 4.78 is 30.8. The summed E-state index contributed by atoms with van der Waals surface area (Å²) in [5, 5.41) is 10.2. The van der Waals surface area contributed by atoms with E-state index in [0.29, 0.717) is 16.5 Å². The number of alkyl halides is 1. The van der Waals surface area contributed by atoms with Crippen LogP contribution >= 0.6 is 11.6 Å². The minimum atomic E-state index is -1.43. The maximum atomic E-state index is 15.0. The van der Waals surface area contributed by atoms with Crippen molar-refractivity contribution in [3.05, 3.63) is 64.6 Å². The number of aromatic nitrogens is 1. The van der Waals surface area contributed by atoms with Gasteiger partial charge in [0.05, 0.1) is 29.2 Å². The number of ketones is 2. The van der Waals surface area contributed by atoms with Crippen LogP contribution in [-0.2, 0) is 16.1 Å². The molecule has 1 aromatic heterocycles. The zero-order valence-electron chi connectivity index (χ0n) is 18.2. The van der Waals surface area contributed by atoms with Crippen LogP contribution < -0.4 is 5.73 Å². The maximum Gasteiger partial charge on any atom is 0.234 e. The van der Waals surface area contributed by atoms with Crippen molar-refractivity contribution in [1.82, 2.24) is 9.47 Å². The molecule has 1 aliphatic rings. The first-order valence-electron chi connectivity index (χ1n) is 10.6. The van der Waals surface area contributed by atoms with Gasteiger partial charge in [-0.25, -0.2) is 8.78 Å². The van der Waals surface area contributed by atoms with Crippen LogP contribution in [0.3, 0.4) is 0 Å². The Kier molecular flexibility index (Phi) is 6.42. The summed E-state index contributed by atoms with van der Waals surface area (Å²) in [6, 6.07) is 6.06. The van der Waals surface area contributed by atoms with Crippen LogP contribution in [0.15, 0.2) is 42.6 Å². The van der Waals surface area contributed by atoms with Gasteiger partial charge in [-0.3, -0.25) is 19.3 Å². The maximum absolute atomic E-state index is 15.0. The van der Waals surface area contributed by atoms with E-state index in [1.807, 2.05) is 0 Å². The van der Waals surface area contributed by atoms with Crippen molar-refractivity contribution in [1.29, 1.82) is 0 Å². The zero-order chi connectivity index (χ0) is 24.7. The third kappa shape index (κ3) is 4.28. The van der Waals surface area contributed by atoms with E-state index in [2.05, 4.69) is 0 Å². The molecule has 7 nitrogen and oxygen atoms in total. The predicted molar refractivity (Wildman–Crippen MR) is 122 cm³/mol. The van der Waals surface area contributed by atoms with Crippen LogP contribution in [0.1, 0.15) is 35.3 Å². The van der Waals surface area contributed by atoms with E-state index in [1.54, 1.807) is 6.07 Å². The second-order valence-electron chi connectivity index (χ2n) is 8.39. The van der Waals surface area contributed by atoms with E-state index in [1.165, 1.54) is 52.9 Å². The van der Waals surface area contributed by atoms with Gasteiger partial charge in [0, 0.05) is 41.7 Å². The number of fused-ring (bicyclic) bond motifs is 1. The van der Waals surface area contributed by atoms with E-state index < -0.39 is 35.8 Å². The number of nitrogens with zero attached hydrogens (tertiary/aromatic N) is 2. The first kappa shape index (κ1) is 23.8. The van der Waals surface area contributed by atoms with Crippen molar-refractivity contribution in [2.24, 2.45) is 5.73 Å². The van der Waals surface area contributed by atoms with E-state index >= 15 is 4.39 Å². The Labute approximate surface area is 198 Å². The topological polar surface area (TPSA) is 106 Å². The number of hydrogen-bond donors (Lipinski definition) is 2. The summed E-state index contributed by atoms with van der Waals surface area (Å²) in [7, 11) is 0. The first-order valence-corrected chi connectivity index (χ1v) is 10.9. The van der Waals surface area contributed by atoms with Gasteiger partial charge in [-0.2, -0.15) is 0 Å². The number of hydrogen-bond acceptors (Lipinski definition) is 5. The number of aromatic hydroxyl groups is 1. The molecule has 10 heteroatoms. The van der Waals surface area contributed by atoms with E-state index in [9.17, 15) is 23.9 Å². The van der Waals surface area contributed by atoms with Crippen molar-refractivity contribution >= 4 is 40.0 Å². The highest BCUT2D eigenvalue weighted by Gasteiger charge is 2.43. The largest absolute Gasteiger partial charge is 0.508 e. The Bertz CT molecular complexity index is 1310. The molecule has 34 heavy (non-hydrogen) atoms. The van der Waals surface area contributed by atoms with Gasteiger partial charge >= 0.3 is 0 Å². The van der Waals surface area contributed by atoms with Crippen LogP contribution in [-0.4, -0.2) is 50.8 Å². The average molecular weight is 490 g/mol. The molecule has 0 saturated carbocycles. The van der Waals surface area contributed by atoms with Crippen molar-refractivity contribution in [2.45, 2.75) is 38.1 Å². The minimum absolute atomic E-state index is 0.0690. The Hall–Kier alpha value is -3.30. The van der Waals surface area contributed by atoms with Crippen LogP contribution in [0.25, 0.3) is 10.9 Å². The molecule has 178 valence electrons. The van der Waals surface area contributed by atoms with Crippen LogP contribution in [0.2, 0.25) is 5.02 Å². The molecule has 2 heterocycles. The number of Topliss-reactive ketones (excluding diaryl/α,β-unsaturated/α-hetero) is 2. The van der Waals surface area contributed by atoms with Crippen LogP contribution in [0.4, 0.5) is 8.78 Å². The molecule has 3 unspecified atom stereocenters. The number of carbonyl (C=O) groups excluding carboxylic acids is 3. The molecule has 3 aromatic rings. The fourth-order valence-corrected chi connectivity index (χ4v) is 4.77. The summed E-state index contributed by atoms with van der Waals surface area (Å²) in [6.45, 7) is 0.742. The van der Waals surface area contributed by atoms with E-state index in [0.717, 1.165) is 0 Å². The molecule has 1 saturated heterocycles. The molecular formula is C24H22ClF2N3O4. The van der Waals surface area contributed by atoms with Gasteiger partial charge in [0.25, 0.3) is 0 Å². The molecule has 0 spiro atoms. The molecular weight excluding hydrogens is 468 g/mol. The van der Waals surface area contributed by atoms with Gasteiger partial charge in [0.15, 0.2) is 11.6 Å².